The van der Waals surface area contributed by atoms with Crippen LogP contribution in [0.25, 0.3) is 0 Å². The zero-order valence-corrected chi connectivity index (χ0v) is 10.8. The predicted molar refractivity (Wildman–Crippen MR) is 69.9 cm³/mol. The third-order valence-electron chi connectivity index (χ3n) is 3.59. The van der Waals surface area contributed by atoms with Crippen molar-refractivity contribution in [3.63, 3.8) is 0 Å². The zero-order valence-electron chi connectivity index (χ0n) is 10.8. The summed E-state index contributed by atoms with van der Waals surface area (Å²) in [6.45, 7) is 2.58. The highest BCUT2D eigenvalue weighted by Gasteiger charge is 2.38. The van der Waals surface area contributed by atoms with Gasteiger partial charge in [-0.25, -0.2) is 0 Å². The van der Waals surface area contributed by atoms with E-state index in [1.807, 2.05) is 18.2 Å². The number of ether oxygens (including phenoxy) is 1. The van der Waals surface area contributed by atoms with Crippen LogP contribution in [0.5, 0.6) is 0 Å². The number of nitrogens with two attached hydrogens (primary N) is 1. The molecule has 0 aliphatic carbocycles. The number of piperidine rings is 1. The van der Waals surface area contributed by atoms with Gasteiger partial charge in [-0.2, -0.15) is 0 Å². The molecule has 1 heterocycles. The number of carbonyl (C=O) groups is 1. The molecule has 1 fully saturated rings. The molecule has 1 saturated heterocycles. The lowest BCUT2D eigenvalue weighted by molar-refractivity contribution is -0.149. The molecule has 1 aliphatic heterocycles. The fourth-order valence-corrected chi connectivity index (χ4v) is 2.36. The first-order valence-electron chi connectivity index (χ1n) is 6.28. The summed E-state index contributed by atoms with van der Waals surface area (Å²) in [5.74, 6) is -0.290. The van der Waals surface area contributed by atoms with E-state index < -0.39 is 5.54 Å². The summed E-state index contributed by atoms with van der Waals surface area (Å²) in [6, 6.07) is 10.3. The van der Waals surface area contributed by atoms with Crippen molar-refractivity contribution in [2.45, 2.75) is 24.9 Å². The number of esters is 1. The van der Waals surface area contributed by atoms with Crippen LogP contribution >= 0.6 is 0 Å². The first-order valence-corrected chi connectivity index (χ1v) is 6.28. The third kappa shape index (κ3) is 2.89. The Balaban J connectivity index is 1.89. The van der Waals surface area contributed by atoms with Gasteiger partial charge in [-0.15, -0.1) is 0 Å². The summed E-state index contributed by atoms with van der Waals surface area (Å²) in [5, 5.41) is 0. The molecule has 1 aromatic rings. The maximum Gasteiger partial charge on any atom is 0.325 e. The Hall–Kier alpha value is -1.39. The Bertz CT molecular complexity index is 398. The molecule has 4 heteroatoms. The van der Waals surface area contributed by atoms with E-state index in [0.29, 0.717) is 12.8 Å². The number of benzene rings is 1. The molecule has 0 unspecified atom stereocenters. The van der Waals surface area contributed by atoms with Crippen molar-refractivity contribution in [2.75, 3.05) is 20.2 Å². The molecular weight excluding hydrogens is 228 g/mol. The molecule has 0 radical (unpaired) electrons. The Kier molecular flexibility index (Phi) is 3.99. The van der Waals surface area contributed by atoms with Crippen molar-refractivity contribution in [3.8, 4) is 0 Å². The molecule has 0 bridgehead atoms. The van der Waals surface area contributed by atoms with E-state index in [4.69, 9.17) is 10.5 Å². The highest BCUT2D eigenvalue weighted by molar-refractivity contribution is 5.80. The minimum Gasteiger partial charge on any atom is -0.468 e. The summed E-state index contributed by atoms with van der Waals surface area (Å²) in [7, 11) is 1.40. The number of rotatable bonds is 3. The van der Waals surface area contributed by atoms with Crippen molar-refractivity contribution in [2.24, 2.45) is 5.73 Å². The van der Waals surface area contributed by atoms with Crippen LogP contribution in [0.2, 0.25) is 0 Å². The molecule has 0 amide bonds. The fraction of sp³-hybridized carbons (Fsp3) is 0.500. The van der Waals surface area contributed by atoms with Crippen LogP contribution in [-0.2, 0) is 16.1 Å². The van der Waals surface area contributed by atoms with Crippen LogP contribution < -0.4 is 5.73 Å². The van der Waals surface area contributed by atoms with Crippen LogP contribution in [0.4, 0.5) is 0 Å². The Labute approximate surface area is 108 Å². The number of nitrogens with zero attached hydrogens (tertiary/aromatic N) is 1. The minimum absolute atomic E-state index is 0.290. The lowest BCUT2D eigenvalue weighted by Crippen LogP contribution is -2.55. The first-order chi connectivity index (χ1) is 8.64. The van der Waals surface area contributed by atoms with Gasteiger partial charge in [0.2, 0.25) is 0 Å². The van der Waals surface area contributed by atoms with E-state index >= 15 is 0 Å². The summed E-state index contributed by atoms with van der Waals surface area (Å²) in [4.78, 5) is 13.9. The highest BCUT2D eigenvalue weighted by Crippen LogP contribution is 2.22. The molecule has 0 saturated carbocycles. The summed E-state index contributed by atoms with van der Waals surface area (Å²) >= 11 is 0. The predicted octanol–water partition coefficient (Wildman–Crippen LogP) is 1.15. The van der Waals surface area contributed by atoms with Crippen molar-refractivity contribution >= 4 is 5.97 Å². The third-order valence-corrected chi connectivity index (χ3v) is 3.59. The lowest BCUT2D eigenvalue weighted by atomic mass is 9.88. The average molecular weight is 248 g/mol. The molecule has 0 spiro atoms. The van der Waals surface area contributed by atoms with Crippen LogP contribution in [0, 0.1) is 0 Å². The zero-order chi connectivity index (χ0) is 13.0. The number of hydrogen-bond acceptors (Lipinski definition) is 4. The van der Waals surface area contributed by atoms with Gasteiger partial charge in [0.1, 0.15) is 5.54 Å². The molecule has 0 aromatic heterocycles. The van der Waals surface area contributed by atoms with Gasteiger partial charge in [-0.05, 0) is 18.4 Å². The van der Waals surface area contributed by atoms with Gasteiger partial charge in [0.15, 0.2) is 0 Å². The fourth-order valence-electron chi connectivity index (χ4n) is 2.36. The molecule has 98 valence electrons. The van der Waals surface area contributed by atoms with Crippen LogP contribution in [0.1, 0.15) is 18.4 Å². The molecule has 4 nitrogen and oxygen atoms in total. The van der Waals surface area contributed by atoms with Crippen LogP contribution in [0.3, 0.4) is 0 Å². The van der Waals surface area contributed by atoms with Crippen LogP contribution in [-0.4, -0.2) is 36.6 Å². The molecule has 0 atom stereocenters. The highest BCUT2D eigenvalue weighted by atomic mass is 16.5. The largest absolute Gasteiger partial charge is 0.468 e. The molecular formula is C14H20N2O2. The maximum atomic E-state index is 11.6. The van der Waals surface area contributed by atoms with E-state index in [1.54, 1.807) is 0 Å². The van der Waals surface area contributed by atoms with Crippen molar-refractivity contribution in [3.05, 3.63) is 35.9 Å². The Morgan fingerprint density at radius 2 is 1.94 bits per heavy atom. The topological polar surface area (TPSA) is 55.6 Å². The molecule has 1 aliphatic rings. The van der Waals surface area contributed by atoms with Gasteiger partial charge in [-0.3, -0.25) is 9.69 Å². The second-order valence-corrected chi connectivity index (χ2v) is 4.91. The molecule has 1 aromatic carbocycles. The monoisotopic (exact) mass is 248 g/mol. The van der Waals surface area contributed by atoms with Gasteiger partial charge in [0, 0.05) is 19.6 Å². The second kappa shape index (κ2) is 5.50. The SMILES string of the molecule is COC(=O)C1(N)CCN(Cc2ccccc2)CC1. The van der Waals surface area contributed by atoms with Gasteiger partial charge >= 0.3 is 5.97 Å². The quantitative estimate of drug-likeness (QED) is 0.815. The smallest absolute Gasteiger partial charge is 0.325 e. The van der Waals surface area contributed by atoms with Gasteiger partial charge in [0.05, 0.1) is 7.11 Å². The first kappa shape index (κ1) is 13.1. The second-order valence-electron chi connectivity index (χ2n) is 4.91. The van der Waals surface area contributed by atoms with Gasteiger partial charge in [-0.1, -0.05) is 30.3 Å². The van der Waals surface area contributed by atoms with Gasteiger partial charge in [0.25, 0.3) is 0 Å². The Morgan fingerprint density at radius 3 is 2.50 bits per heavy atom. The van der Waals surface area contributed by atoms with Crippen molar-refractivity contribution < 1.29 is 9.53 Å². The van der Waals surface area contributed by atoms with Crippen molar-refractivity contribution in [1.29, 1.82) is 0 Å². The van der Waals surface area contributed by atoms with E-state index in [-0.39, 0.29) is 5.97 Å². The number of methoxy groups -OCH3 is 1. The number of hydrogen-bond donors (Lipinski definition) is 1. The summed E-state index contributed by atoms with van der Waals surface area (Å²) in [5.41, 5.74) is 6.57. The van der Waals surface area contributed by atoms with Crippen LogP contribution in [0.15, 0.2) is 30.3 Å². The normalized spacial score (nSPS) is 19.4. The van der Waals surface area contributed by atoms with E-state index in [2.05, 4.69) is 17.0 Å². The van der Waals surface area contributed by atoms with E-state index in [1.165, 1.54) is 12.7 Å². The van der Waals surface area contributed by atoms with E-state index in [0.717, 1.165) is 19.6 Å². The standard InChI is InChI=1S/C14H20N2O2/c1-18-13(17)14(15)7-9-16(10-8-14)11-12-5-3-2-4-6-12/h2-6H,7-11,15H2,1H3. The van der Waals surface area contributed by atoms with E-state index in [9.17, 15) is 4.79 Å². The minimum atomic E-state index is -0.790. The van der Waals surface area contributed by atoms with Crippen molar-refractivity contribution in [1.82, 2.24) is 4.90 Å². The summed E-state index contributed by atoms with van der Waals surface area (Å²) in [6.07, 6.45) is 1.32. The lowest BCUT2D eigenvalue weighted by Gasteiger charge is -2.37. The Morgan fingerprint density at radius 1 is 1.33 bits per heavy atom. The number of likely N-dealkylation sites (tertiary alicyclic amines) is 1. The average Bonchev–Trinajstić information content (AvgIpc) is 2.42. The molecule has 18 heavy (non-hydrogen) atoms. The maximum absolute atomic E-state index is 11.6. The molecule has 2 rings (SSSR count). The summed E-state index contributed by atoms with van der Waals surface area (Å²) < 4.78 is 4.76. The van der Waals surface area contributed by atoms with Gasteiger partial charge < -0.3 is 10.5 Å². The number of carbonyl (C=O) groups excluding carboxylic acids is 1. The molecule has 2 N–H and O–H groups in total.